The van der Waals surface area contributed by atoms with Crippen molar-refractivity contribution < 1.29 is 22.6 Å². The molecule has 0 fully saturated rings. The third-order valence-electron chi connectivity index (χ3n) is 2.52. The van der Waals surface area contributed by atoms with Gasteiger partial charge in [0.25, 0.3) is 0 Å². The third kappa shape index (κ3) is 3.90. The SMILES string of the molecule is N#Cc1ccc(Oc2ccc(OC(F)(F)F)cc2)cc1C#N. The molecule has 0 amide bonds. The van der Waals surface area contributed by atoms with Gasteiger partial charge in [-0.05, 0) is 42.5 Å². The standard InChI is InChI=1S/C15H7F3N2O2/c16-15(17,18)22-13-5-3-12(4-6-13)21-14-2-1-10(8-19)11(7-14)9-20/h1-7H. The van der Waals surface area contributed by atoms with Crippen LogP contribution in [0.1, 0.15) is 11.1 Å². The zero-order chi connectivity index (χ0) is 16.2. The summed E-state index contributed by atoms with van der Waals surface area (Å²) in [5.41, 5.74) is 0.362. The largest absolute Gasteiger partial charge is 0.573 e. The van der Waals surface area contributed by atoms with Crippen LogP contribution in [0.3, 0.4) is 0 Å². The van der Waals surface area contributed by atoms with Gasteiger partial charge in [0.1, 0.15) is 29.4 Å². The van der Waals surface area contributed by atoms with Crippen molar-refractivity contribution in [1.29, 1.82) is 10.5 Å². The number of hydrogen-bond acceptors (Lipinski definition) is 4. The van der Waals surface area contributed by atoms with Crippen LogP contribution in [0.5, 0.6) is 17.2 Å². The van der Waals surface area contributed by atoms with E-state index in [1.165, 1.54) is 30.3 Å². The van der Waals surface area contributed by atoms with Crippen molar-refractivity contribution in [1.82, 2.24) is 0 Å². The van der Waals surface area contributed by atoms with Crippen molar-refractivity contribution in [2.45, 2.75) is 6.36 Å². The van der Waals surface area contributed by atoms with Crippen molar-refractivity contribution in [3.8, 4) is 29.4 Å². The molecule has 0 heterocycles. The molecule has 0 saturated carbocycles. The van der Waals surface area contributed by atoms with Gasteiger partial charge in [0.15, 0.2) is 0 Å². The Morgan fingerprint density at radius 3 is 1.86 bits per heavy atom. The van der Waals surface area contributed by atoms with Crippen molar-refractivity contribution in [2.24, 2.45) is 0 Å². The molecule has 0 atom stereocenters. The Morgan fingerprint density at radius 1 is 0.773 bits per heavy atom. The van der Waals surface area contributed by atoms with Gasteiger partial charge >= 0.3 is 6.36 Å². The van der Waals surface area contributed by atoms with Gasteiger partial charge in [-0.15, -0.1) is 13.2 Å². The van der Waals surface area contributed by atoms with Crippen LogP contribution in [0.2, 0.25) is 0 Å². The van der Waals surface area contributed by atoms with Crippen LogP contribution < -0.4 is 9.47 Å². The molecule has 0 saturated heterocycles. The summed E-state index contributed by atoms with van der Waals surface area (Å²) in [6, 6.07) is 12.8. The second kappa shape index (κ2) is 6.06. The van der Waals surface area contributed by atoms with E-state index in [1.807, 2.05) is 12.1 Å². The van der Waals surface area contributed by atoms with E-state index in [1.54, 1.807) is 0 Å². The van der Waals surface area contributed by atoms with Crippen LogP contribution in [-0.4, -0.2) is 6.36 Å². The Balaban J connectivity index is 2.15. The summed E-state index contributed by atoms with van der Waals surface area (Å²) in [5, 5.41) is 17.7. The quantitative estimate of drug-likeness (QED) is 0.855. The molecule has 2 aromatic rings. The van der Waals surface area contributed by atoms with Crippen LogP contribution >= 0.6 is 0 Å². The Kier molecular flexibility index (Phi) is 4.19. The summed E-state index contributed by atoms with van der Waals surface area (Å²) < 4.78 is 45.2. The first-order valence-electron chi connectivity index (χ1n) is 5.89. The second-order valence-corrected chi connectivity index (χ2v) is 4.05. The lowest BCUT2D eigenvalue weighted by Crippen LogP contribution is -2.16. The van der Waals surface area contributed by atoms with Crippen molar-refractivity contribution in [3.05, 3.63) is 53.6 Å². The number of alkyl halides is 3. The molecule has 0 aliphatic rings. The van der Waals surface area contributed by atoms with E-state index < -0.39 is 6.36 Å². The first kappa shape index (κ1) is 15.2. The van der Waals surface area contributed by atoms with E-state index >= 15 is 0 Å². The van der Waals surface area contributed by atoms with Crippen LogP contribution in [0.4, 0.5) is 13.2 Å². The molecule has 0 aliphatic heterocycles. The lowest BCUT2D eigenvalue weighted by molar-refractivity contribution is -0.274. The summed E-state index contributed by atoms with van der Waals surface area (Å²) in [6.07, 6.45) is -4.75. The fourth-order valence-corrected chi connectivity index (χ4v) is 1.62. The molecule has 110 valence electrons. The number of ether oxygens (including phenoxy) is 2. The van der Waals surface area contributed by atoms with Crippen molar-refractivity contribution in [3.63, 3.8) is 0 Å². The van der Waals surface area contributed by atoms with Crippen LogP contribution in [0, 0.1) is 22.7 Å². The average Bonchev–Trinajstić information content (AvgIpc) is 2.47. The summed E-state index contributed by atoms with van der Waals surface area (Å²) >= 11 is 0. The maximum Gasteiger partial charge on any atom is 0.573 e. The van der Waals surface area contributed by atoms with E-state index in [4.69, 9.17) is 15.3 Å². The minimum Gasteiger partial charge on any atom is -0.457 e. The van der Waals surface area contributed by atoms with Gasteiger partial charge in [0.2, 0.25) is 0 Å². The number of rotatable bonds is 3. The molecule has 2 rings (SSSR count). The number of halogens is 3. The van der Waals surface area contributed by atoms with E-state index in [2.05, 4.69) is 4.74 Å². The van der Waals surface area contributed by atoms with Crippen LogP contribution in [0.25, 0.3) is 0 Å². The van der Waals surface area contributed by atoms with Gasteiger partial charge < -0.3 is 9.47 Å². The highest BCUT2D eigenvalue weighted by atomic mass is 19.4. The molecule has 0 unspecified atom stereocenters. The van der Waals surface area contributed by atoms with Crippen molar-refractivity contribution >= 4 is 0 Å². The number of nitrogens with zero attached hydrogens (tertiary/aromatic N) is 2. The number of benzene rings is 2. The van der Waals surface area contributed by atoms with Gasteiger partial charge in [0, 0.05) is 0 Å². The third-order valence-corrected chi connectivity index (χ3v) is 2.52. The lowest BCUT2D eigenvalue weighted by atomic mass is 10.1. The van der Waals surface area contributed by atoms with E-state index in [0.29, 0.717) is 5.75 Å². The Labute approximate surface area is 123 Å². The normalized spacial score (nSPS) is 10.4. The molecule has 0 aromatic heterocycles. The number of nitriles is 2. The Hall–Kier alpha value is -3.19. The zero-order valence-corrected chi connectivity index (χ0v) is 10.9. The van der Waals surface area contributed by atoms with E-state index in [9.17, 15) is 13.2 Å². The van der Waals surface area contributed by atoms with Gasteiger partial charge in [-0.2, -0.15) is 10.5 Å². The summed E-state index contributed by atoms with van der Waals surface area (Å²) in [7, 11) is 0. The first-order chi connectivity index (χ1) is 10.4. The number of hydrogen-bond donors (Lipinski definition) is 0. The first-order valence-corrected chi connectivity index (χ1v) is 5.89. The minimum atomic E-state index is -4.75. The lowest BCUT2D eigenvalue weighted by Gasteiger charge is -2.10. The van der Waals surface area contributed by atoms with Gasteiger partial charge in [-0.3, -0.25) is 0 Å². The summed E-state index contributed by atoms with van der Waals surface area (Å²) in [4.78, 5) is 0. The maximum atomic E-state index is 12.0. The van der Waals surface area contributed by atoms with E-state index in [-0.39, 0.29) is 22.6 Å². The van der Waals surface area contributed by atoms with Crippen molar-refractivity contribution in [2.75, 3.05) is 0 Å². The molecule has 0 N–H and O–H groups in total. The predicted molar refractivity (Wildman–Crippen MR) is 69.1 cm³/mol. The molecule has 0 spiro atoms. The predicted octanol–water partition coefficient (Wildman–Crippen LogP) is 4.12. The second-order valence-electron chi connectivity index (χ2n) is 4.05. The fraction of sp³-hybridized carbons (Fsp3) is 0.0667. The molecule has 0 aliphatic carbocycles. The summed E-state index contributed by atoms with van der Waals surface area (Å²) in [6.45, 7) is 0. The molecule has 0 bridgehead atoms. The molecule has 4 nitrogen and oxygen atoms in total. The molecule has 0 radical (unpaired) electrons. The van der Waals surface area contributed by atoms with E-state index in [0.717, 1.165) is 12.1 Å². The van der Waals surface area contributed by atoms with Crippen LogP contribution in [0.15, 0.2) is 42.5 Å². The minimum absolute atomic E-state index is 0.150. The Morgan fingerprint density at radius 2 is 1.32 bits per heavy atom. The molecular formula is C15H7F3N2O2. The molecular weight excluding hydrogens is 297 g/mol. The smallest absolute Gasteiger partial charge is 0.457 e. The average molecular weight is 304 g/mol. The topological polar surface area (TPSA) is 66.0 Å². The summed E-state index contributed by atoms with van der Waals surface area (Å²) in [5.74, 6) is 0.195. The fourth-order valence-electron chi connectivity index (χ4n) is 1.62. The van der Waals surface area contributed by atoms with Gasteiger partial charge in [0.05, 0.1) is 11.1 Å². The highest BCUT2D eigenvalue weighted by molar-refractivity contribution is 5.50. The highest BCUT2D eigenvalue weighted by Gasteiger charge is 2.30. The monoisotopic (exact) mass is 304 g/mol. The van der Waals surface area contributed by atoms with Gasteiger partial charge in [-0.1, -0.05) is 0 Å². The molecule has 22 heavy (non-hydrogen) atoms. The maximum absolute atomic E-state index is 12.0. The zero-order valence-electron chi connectivity index (χ0n) is 10.9. The molecule has 7 heteroatoms. The van der Waals surface area contributed by atoms with Gasteiger partial charge in [-0.25, -0.2) is 0 Å². The Bertz CT molecular complexity index is 756. The van der Waals surface area contributed by atoms with Crippen LogP contribution in [-0.2, 0) is 0 Å². The highest BCUT2D eigenvalue weighted by Crippen LogP contribution is 2.28. The molecule has 2 aromatic carbocycles.